The molecule has 1 aromatic heterocycles. The van der Waals surface area contributed by atoms with Crippen molar-refractivity contribution in [2.24, 2.45) is 0 Å². The van der Waals surface area contributed by atoms with Gasteiger partial charge in [0.05, 0.1) is 11.7 Å². The molecular weight excluding hydrogens is 180 g/mol. The molecule has 1 aliphatic rings. The van der Waals surface area contributed by atoms with E-state index in [1.54, 1.807) is 6.20 Å². The lowest BCUT2D eigenvalue weighted by atomic mass is 10.2. The molecule has 5 nitrogen and oxygen atoms in total. The average molecular weight is 192 g/mol. The standard InChI is InChI=1S/C9H12N4O/c14-9-8(3-5-10-9)11-6-7-2-1-4-12-13-7/h1-2,4,8,11H,3,5-6H2,(H,10,14). The van der Waals surface area contributed by atoms with Crippen LogP contribution in [-0.4, -0.2) is 28.7 Å². The molecule has 1 saturated heterocycles. The second-order valence-corrected chi connectivity index (χ2v) is 3.23. The Hall–Kier alpha value is -1.49. The maximum absolute atomic E-state index is 11.2. The summed E-state index contributed by atoms with van der Waals surface area (Å²) in [7, 11) is 0. The highest BCUT2D eigenvalue weighted by Crippen LogP contribution is 2.00. The topological polar surface area (TPSA) is 66.9 Å². The lowest BCUT2D eigenvalue weighted by molar-refractivity contribution is -0.120. The molecule has 0 spiro atoms. The quantitative estimate of drug-likeness (QED) is 0.674. The molecule has 1 aliphatic heterocycles. The molecule has 1 fully saturated rings. The van der Waals surface area contributed by atoms with Gasteiger partial charge in [0.25, 0.3) is 0 Å². The molecule has 0 bridgehead atoms. The molecular formula is C9H12N4O. The highest BCUT2D eigenvalue weighted by atomic mass is 16.2. The second kappa shape index (κ2) is 4.15. The normalized spacial score (nSPS) is 20.9. The lowest BCUT2D eigenvalue weighted by Gasteiger charge is -2.07. The zero-order chi connectivity index (χ0) is 9.80. The molecule has 1 unspecified atom stereocenters. The fourth-order valence-corrected chi connectivity index (χ4v) is 1.44. The van der Waals surface area contributed by atoms with Crippen LogP contribution in [0.15, 0.2) is 18.3 Å². The van der Waals surface area contributed by atoms with Gasteiger partial charge in [-0.25, -0.2) is 0 Å². The number of aromatic nitrogens is 2. The maximum atomic E-state index is 11.2. The highest BCUT2D eigenvalue weighted by Gasteiger charge is 2.22. The third-order valence-electron chi connectivity index (χ3n) is 2.21. The summed E-state index contributed by atoms with van der Waals surface area (Å²) in [5.41, 5.74) is 0.854. The Morgan fingerprint density at radius 2 is 2.57 bits per heavy atom. The van der Waals surface area contributed by atoms with E-state index in [-0.39, 0.29) is 11.9 Å². The molecule has 0 saturated carbocycles. The highest BCUT2D eigenvalue weighted by molar-refractivity contribution is 5.83. The summed E-state index contributed by atoms with van der Waals surface area (Å²) in [6, 6.07) is 3.64. The molecule has 2 rings (SSSR count). The summed E-state index contributed by atoms with van der Waals surface area (Å²) in [5.74, 6) is 0.0777. The largest absolute Gasteiger partial charge is 0.355 e. The Balaban J connectivity index is 1.85. The maximum Gasteiger partial charge on any atom is 0.237 e. The van der Waals surface area contributed by atoms with Crippen LogP contribution < -0.4 is 10.6 Å². The van der Waals surface area contributed by atoms with Crippen molar-refractivity contribution in [3.63, 3.8) is 0 Å². The number of amides is 1. The zero-order valence-corrected chi connectivity index (χ0v) is 7.73. The third-order valence-corrected chi connectivity index (χ3v) is 2.21. The van der Waals surface area contributed by atoms with Gasteiger partial charge in [-0.2, -0.15) is 10.2 Å². The SMILES string of the molecule is O=C1NCCC1NCc1cccnn1. The lowest BCUT2D eigenvalue weighted by Crippen LogP contribution is -2.35. The number of carbonyl (C=O) groups excluding carboxylic acids is 1. The van der Waals surface area contributed by atoms with Gasteiger partial charge in [0.1, 0.15) is 0 Å². The van der Waals surface area contributed by atoms with E-state index >= 15 is 0 Å². The van der Waals surface area contributed by atoms with Crippen molar-refractivity contribution in [2.75, 3.05) is 6.54 Å². The predicted molar refractivity (Wildman–Crippen MR) is 50.3 cm³/mol. The van der Waals surface area contributed by atoms with E-state index < -0.39 is 0 Å². The molecule has 74 valence electrons. The van der Waals surface area contributed by atoms with Crippen molar-refractivity contribution in [2.45, 2.75) is 19.0 Å². The van der Waals surface area contributed by atoms with Crippen molar-refractivity contribution in [3.8, 4) is 0 Å². The van der Waals surface area contributed by atoms with Gasteiger partial charge >= 0.3 is 0 Å². The van der Waals surface area contributed by atoms with Crippen molar-refractivity contribution >= 4 is 5.91 Å². The first-order valence-electron chi connectivity index (χ1n) is 4.64. The monoisotopic (exact) mass is 192 g/mol. The Kier molecular flexibility index (Phi) is 2.69. The van der Waals surface area contributed by atoms with Crippen molar-refractivity contribution in [3.05, 3.63) is 24.0 Å². The fourth-order valence-electron chi connectivity index (χ4n) is 1.44. The molecule has 1 amide bonds. The molecule has 2 heterocycles. The minimum Gasteiger partial charge on any atom is -0.355 e. The molecule has 5 heteroatoms. The molecule has 1 aromatic rings. The van der Waals surface area contributed by atoms with E-state index in [4.69, 9.17) is 0 Å². The summed E-state index contributed by atoms with van der Waals surface area (Å²) >= 11 is 0. The van der Waals surface area contributed by atoms with Crippen LogP contribution >= 0.6 is 0 Å². The van der Waals surface area contributed by atoms with E-state index in [2.05, 4.69) is 20.8 Å². The van der Waals surface area contributed by atoms with Crippen LogP contribution in [-0.2, 0) is 11.3 Å². The van der Waals surface area contributed by atoms with Crippen LogP contribution in [0.5, 0.6) is 0 Å². The third kappa shape index (κ3) is 2.05. The summed E-state index contributed by atoms with van der Waals surface area (Å²) in [6.45, 7) is 1.35. The van der Waals surface area contributed by atoms with Crippen LogP contribution in [0.2, 0.25) is 0 Å². The Bertz CT molecular complexity index is 314. The van der Waals surface area contributed by atoms with Gasteiger partial charge in [-0.15, -0.1) is 0 Å². The molecule has 1 atom stereocenters. The number of rotatable bonds is 3. The summed E-state index contributed by atoms with van der Waals surface area (Å²) < 4.78 is 0. The van der Waals surface area contributed by atoms with Crippen LogP contribution in [0.25, 0.3) is 0 Å². The van der Waals surface area contributed by atoms with Gasteiger partial charge in [0.15, 0.2) is 0 Å². The number of hydrogen-bond acceptors (Lipinski definition) is 4. The summed E-state index contributed by atoms with van der Waals surface area (Å²) in [5, 5.41) is 13.6. The number of carbonyl (C=O) groups is 1. The van der Waals surface area contributed by atoms with Crippen LogP contribution in [0.3, 0.4) is 0 Å². The summed E-state index contributed by atoms with van der Waals surface area (Å²) in [4.78, 5) is 11.2. The van der Waals surface area contributed by atoms with Gasteiger partial charge in [0.2, 0.25) is 5.91 Å². The number of nitrogens with one attached hydrogen (secondary N) is 2. The van der Waals surface area contributed by atoms with E-state index in [1.807, 2.05) is 12.1 Å². The van der Waals surface area contributed by atoms with Crippen molar-refractivity contribution < 1.29 is 4.79 Å². The molecule has 14 heavy (non-hydrogen) atoms. The Labute approximate surface area is 81.9 Å². The van der Waals surface area contributed by atoms with Gasteiger partial charge in [-0.1, -0.05) is 0 Å². The molecule has 0 aliphatic carbocycles. The van der Waals surface area contributed by atoms with Crippen LogP contribution in [0, 0.1) is 0 Å². The van der Waals surface area contributed by atoms with Crippen molar-refractivity contribution in [1.29, 1.82) is 0 Å². The summed E-state index contributed by atoms with van der Waals surface area (Å²) in [6.07, 6.45) is 2.48. The van der Waals surface area contributed by atoms with E-state index in [0.29, 0.717) is 6.54 Å². The fraction of sp³-hybridized carbons (Fsp3) is 0.444. The minimum absolute atomic E-state index is 0.0722. The van der Waals surface area contributed by atoms with Gasteiger partial charge < -0.3 is 10.6 Å². The first-order chi connectivity index (χ1) is 6.86. The molecule has 0 aromatic carbocycles. The first kappa shape index (κ1) is 9.08. The number of hydrogen-bond donors (Lipinski definition) is 2. The number of nitrogens with zero attached hydrogens (tertiary/aromatic N) is 2. The van der Waals surface area contributed by atoms with E-state index in [1.165, 1.54) is 0 Å². The first-order valence-corrected chi connectivity index (χ1v) is 4.64. The van der Waals surface area contributed by atoms with Gasteiger partial charge in [0, 0.05) is 19.3 Å². The van der Waals surface area contributed by atoms with E-state index in [9.17, 15) is 4.79 Å². The second-order valence-electron chi connectivity index (χ2n) is 3.23. The van der Waals surface area contributed by atoms with Crippen LogP contribution in [0.4, 0.5) is 0 Å². The van der Waals surface area contributed by atoms with Gasteiger partial charge in [-0.05, 0) is 18.6 Å². The Morgan fingerprint density at radius 1 is 1.64 bits per heavy atom. The Morgan fingerprint density at radius 3 is 3.21 bits per heavy atom. The molecule has 0 radical (unpaired) electrons. The molecule has 2 N–H and O–H groups in total. The van der Waals surface area contributed by atoms with Crippen LogP contribution in [0.1, 0.15) is 12.1 Å². The van der Waals surface area contributed by atoms with Crippen molar-refractivity contribution in [1.82, 2.24) is 20.8 Å². The minimum atomic E-state index is -0.0722. The average Bonchev–Trinajstić information content (AvgIpc) is 2.63. The predicted octanol–water partition coefficient (Wildman–Crippen LogP) is -0.545. The van der Waals surface area contributed by atoms with E-state index in [0.717, 1.165) is 18.7 Å². The smallest absolute Gasteiger partial charge is 0.237 e. The van der Waals surface area contributed by atoms with Gasteiger partial charge in [-0.3, -0.25) is 4.79 Å². The zero-order valence-electron chi connectivity index (χ0n) is 7.73.